The van der Waals surface area contributed by atoms with Gasteiger partial charge in [-0.1, -0.05) is 30.3 Å². The summed E-state index contributed by atoms with van der Waals surface area (Å²) in [4.78, 5) is 34.5. The third-order valence-electron chi connectivity index (χ3n) is 5.76. The lowest BCUT2D eigenvalue weighted by Gasteiger charge is -2.31. The maximum absolute atomic E-state index is 12.9. The van der Waals surface area contributed by atoms with E-state index in [-0.39, 0.29) is 11.8 Å². The summed E-state index contributed by atoms with van der Waals surface area (Å²) >= 11 is 0. The second-order valence-corrected chi connectivity index (χ2v) is 8.04. The van der Waals surface area contributed by atoms with E-state index in [1.807, 2.05) is 42.2 Å². The molecule has 0 atom stereocenters. The Kier molecular flexibility index (Phi) is 5.46. The Balaban J connectivity index is 1.30. The van der Waals surface area contributed by atoms with Crippen molar-refractivity contribution in [1.82, 2.24) is 20.2 Å². The molecule has 4 rings (SSSR count). The highest BCUT2D eigenvalue weighted by Crippen LogP contribution is 2.25. The van der Waals surface area contributed by atoms with Gasteiger partial charge in [0, 0.05) is 36.8 Å². The number of aromatic amines is 1. The first-order valence-electron chi connectivity index (χ1n) is 10.3. The number of hydrogen-bond donors (Lipinski definition) is 2. The Labute approximate surface area is 165 Å². The molecule has 1 aliphatic heterocycles. The molecule has 0 radical (unpaired) electrons. The highest BCUT2D eigenvalue weighted by Gasteiger charge is 2.28. The van der Waals surface area contributed by atoms with Crippen LogP contribution in [0.4, 0.5) is 0 Å². The van der Waals surface area contributed by atoms with E-state index in [4.69, 9.17) is 0 Å². The van der Waals surface area contributed by atoms with Crippen LogP contribution in [-0.2, 0) is 4.79 Å². The van der Waals surface area contributed by atoms with Gasteiger partial charge in [0.25, 0.3) is 5.91 Å². The number of piperidine rings is 1. The molecule has 2 aliphatic rings. The van der Waals surface area contributed by atoms with Crippen molar-refractivity contribution in [2.75, 3.05) is 13.1 Å². The van der Waals surface area contributed by atoms with Gasteiger partial charge in [0.2, 0.25) is 5.91 Å². The summed E-state index contributed by atoms with van der Waals surface area (Å²) < 4.78 is 0. The van der Waals surface area contributed by atoms with Crippen molar-refractivity contribution in [2.24, 2.45) is 5.92 Å². The monoisotopic (exact) mass is 380 g/mol. The summed E-state index contributed by atoms with van der Waals surface area (Å²) in [6.07, 6.45) is 5.69. The van der Waals surface area contributed by atoms with Gasteiger partial charge in [0.1, 0.15) is 11.5 Å². The van der Waals surface area contributed by atoms with Gasteiger partial charge < -0.3 is 15.2 Å². The standard InChI is InChI=1S/C22H28N4O2/c1-15-20(25-21(23-15)17-5-3-2-4-6-17)22(28)26-13-11-16(12-14-26)7-10-19(27)24-18-8-9-18/h2-6,16,18H,7-14H2,1H3,(H,23,25)(H,24,27). The number of carbonyl (C=O) groups excluding carboxylic acids is 2. The normalized spacial score (nSPS) is 17.5. The fraction of sp³-hybridized carbons (Fsp3) is 0.500. The Hall–Kier alpha value is -2.63. The number of benzene rings is 1. The first-order chi connectivity index (χ1) is 13.6. The maximum atomic E-state index is 12.9. The molecule has 1 aromatic carbocycles. The van der Waals surface area contributed by atoms with E-state index >= 15 is 0 Å². The predicted octanol–water partition coefficient (Wildman–Crippen LogP) is 3.30. The Bertz CT molecular complexity index is 833. The Morgan fingerprint density at radius 1 is 1.14 bits per heavy atom. The molecule has 0 unspecified atom stereocenters. The summed E-state index contributed by atoms with van der Waals surface area (Å²) in [5.41, 5.74) is 2.30. The minimum absolute atomic E-state index is 0.000794. The minimum Gasteiger partial charge on any atom is -0.353 e. The van der Waals surface area contributed by atoms with Gasteiger partial charge in [-0.2, -0.15) is 0 Å². The number of imidazole rings is 1. The number of nitrogens with zero attached hydrogens (tertiary/aromatic N) is 2. The first kappa shape index (κ1) is 18.7. The molecule has 0 bridgehead atoms. The van der Waals surface area contributed by atoms with Crippen LogP contribution in [0.2, 0.25) is 0 Å². The molecule has 6 nitrogen and oxygen atoms in total. The molecule has 2 fully saturated rings. The number of hydrogen-bond acceptors (Lipinski definition) is 3. The SMILES string of the molecule is Cc1[nH]c(-c2ccccc2)nc1C(=O)N1CCC(CCC(=O)NC2CC2)CC1. The summed E-state index contributed by atoms with van der Waals surface area (Å²) in [6, 6.07) is 10.3. The third-order valence-corrected chi connectivity index (χ3v) is 5.76. The van der Waals surface area contributed by atoms with Crippen molar-refractivity contribution in [2.45, 2.75) is 51.5 Å². The van der Waals surface area contributed by atoms with Crippen molar-refractivity contribution in [3.05, 3.63) is 41.7 Å². The maximum Gasteiger partial charge on any atom is 0.274 e. The van der Waals surface area contributed by atoms with E-state index in [2.05, 4.69) is 15.3 Å². The number of carbonyl (C=O) groups is 2. The summed E-state index contributed by atoms with van der Waals surface area (Å²) in [6.45, 7) is 3.37. The second-order valence-electron chi connectivity index (χ2n) is 8.04. The predicted molar refractivity (Wildman–Crippen MR) is 108 cm³/mol. The lowest BCUT2D eigenvalue weighted by atomic mass is 9.92. The molecular formula is C22H28N4O2. The zero-order valence-electron chi connectivity index (χ0n) is 16.4. The third kappa shape index (κ3) is 4.43. The van der Waals surface area contributed by atoms with Gasteiger partial charge >= 0.3 is 0 Å². The molecule has 2 amide bonds. The average Bonchev–Trinajstić information content (AvgIpc) is 3.45. The van der Waals surface area contributed by atoms with E-state index < -0.39 is 0 Å². The van der Waals surface area contributed by atoms with Crippen LogP contribution in [0, 0.1) is 12.8 Å². The van der Waals surface area contributed by atoms with E-state index in [1.165, 1.54) is 0 Å². The topological polar surface area (TPSA) is 78.1 Å². The number of aryl methyl sites for hydroxylation is 1. The largest absolute Gasteiger partial charge is 0.353 e. The Morgan fingerprint density at radius 3 is 2.54 bits per heavy atom. The van der Waals surface area contributed by atoms with Gasteiger partial charge in [-0.3, -0.25) is 9.59 Å². The van der Waals surface area contributed by atoms with Crippen LogP contribution in [0.25, 0.3) is 11.4 Å². The number of H-pyrrole nitrogens is 1. The number of aromatic nitrogens is 2. The van der Waals surface area contributed by atoms with Crippen molar-refractivity contribution in [3.63, 3.8) is 0 Å². The van der Waals surface area contributed by atoms with Gasteiger partial charge in [-0.15, -0.1) is 0 Å². The zero-order valence-corrected chi connectivity index (χ0v) is 16.4. The van der Waals surface area contributed by atoms with Crippen LogP contribution in [-0.4, -0.2) is 45.8 Å². The fourth-order valence-electron chi connectivity index (χ4n) is 3.84. The molecule has 148 valence electrons. The van der Waals surface area contributed by atoms with Crippen LogP contribution in [0.15, 0.2) is 30.3 Å². The fourth-order valence-corrected chi connectivity index (χ4v) is 3.84. The zero-order chi connectivity index (χ0) is 19.5. The molecular weight excluding hydrogens is 352 g/mol. The molecule has 0 spiro atoms. The first-order valence-corrected chi connectivity index (χ1v) is 10.3. The quantitative estimate of drug-likeness (QED) is 0.807. The average molecular weight is 380 g/mol. The number of amides is 2. The molecule has 1 saturated carbocycles. The van der Waals surface area contributed by atoms with Crippen LogP contribution in [0.1, 0.15) is 54.7 Å². The van der Waals surface area contributed by atoms with E-state index in [1.54, 1.807) is 0 Å². The lowest BCUT2D eigenvalue weighted by molar-refractivity contribution is -0.121. The molecule has 2 N–H and O–H groups in total. The highest BCUT2D eigenvalue weighted by atomic mass is 16.2. The van der Waals surface area contributed by atoms with Crippen molar-refractivity contribution >= 4 is 11.8 Å². The Morgan fingerprint density at radius 2 is 1.86 bits per heavy atom. The van der Waals surface area contributed by atoms with E-state index in [9.17, 15) is 9.59 Å². The van der Waals surface area contributed by atoms with Crippen LogP contribution < -0.4 is 5.32 Å². The van der Waals surface area contributed by atoms with E-state index in [0.717, 1.165) is 62.3 Å². The van der Waals surface area contributed by atoms with Gasteiger partial charge in [0.05, 0.1) is 0 Å². The second kappa shape index (κ2) is 8.17. The van der Waals surface area contributed by atoms with Crippen LogP contribution in [0.3, 0.4) is 0 Å². The number of likely N-dealkylation sites (tertiary alicyclic amines) is 1. The van der Waals surface area contributed by atoms with Gasteiger partial charge in [-0.05, 0) is 44.9 Å². The van der Waals surface area contributed by atoms with Crippen LogP contribution in [0.5, 0.6) is 0 Å². The summed E-state index contributed by atoms with van der Waals surface area (Å²) in [7, 11) is 0. The van der Waals surface area contributed by atoms with E-state index in [0.29, 0.717) is 24.1 Å². The molecule has 1 aliphatic carbocycles. The summed E-state index contributed by atoms with van der Waals surface area (Å²) in [5, 5.41) is 3.05. The molecule has 28 heavy (non-hydrogen) atoms. The molecule has 6 heteroatoms. The molecule has 2 aromatic rings. The van der Waals surface area contributed by atoms with Crippen molar-refractivity contribution < 1.29 is 9.59 Å². The molecule has 1 saturated heterocycles. The van der Waals surface area contributed by atoms with Crippen molar-refractivity contribution in [3.8, 4) is 11.4 Å². The molecule has 1 aromatic heterocycles. The van der Waals surface area contributed by atoms with Gasteiger partial charge in [-0.25, -0.2) is 4.98 Å². The van der Waals surface area contributed by atoms with Crippen LogP contribution >= 0.6 is 0 Å². The summed E-state index contributed by atoms with van der Waals surface area (Å²) in [5.74, 6) is 1.44. The molecule has 2 heterocycles. The number of rotatable bonds is 6. The lowest BCUT2D eigenvalue weighted by Crippen LogP contribution is -2.39. The minimum atomic E-state index is 0.000794. The van der Waals surface area contributed by atoms with Gasteiger partial charge in [0.15, 0.2) is 0 Å². The van der Waals surface area contributed by atoms with Crippen molar-refractivity contribution in [1.29, 1.82) is 0 Å². The smallest absolute Gasteiger partial charge is 0.274 e. The number of nitrogens with one attached hydrogen (secondary N) is 2. The highest BCUT2D eigenvalue weighted by molar-refractivity contribution is 5.94.